The highest BCUT2D eigenvalue weighted by Gasteiger charge is 2.30. The Labute approximate surface area is 213 Å². The number of nitrogens with one attached hydrogen (secondary N) is 1. The lowest BCUT2D eigenvalue weighted by atomic mass is 9.93. The average Bonchev–Trinajstić information content (AvgIpc) is 3.65. The van der Waals surface area contributed by atoms with Crippen molar-refractivity contribution in [2.24, 2.45) is 0 Å². The van der Waals surface area contributed by atoms with Crippen molar-refractivity contribution < 1.29 is 14.6 Å². The molecule has 0 saturated heterocycles. The van der Waals surface area contributed by atoms with Crippen molar-refractivity contribution in [3.63, 3.8) is 0 Å². The average molecular weight is 501 g/mol. The van der Waals surface area contributed by atoms with Crippen LogP contribution in [0.3, 0.4) is 0 Å². The summed E-state index contributed by atoms with van der Waals surface area (Å²) in [7, 11) is 1.63. The van der Waals surface area contributed by atoms with Crippen molar-refractivity contribution in [3.8, 4) is 16.2 Å². The highest BCUT2D eigenvalue weighted by Crippen LogP contribution is 2.46. The van der Waals surface area contributed by atoms with E-state index >= 15 is 0 Å². The van der Waals surface area contributed by atoms with Gasteiger partial charge >= 0.3 is 5.97 Å². The van der Waals surface area contributed by atoms with E-state index in [1.165, 1.54) is 22.2 Å². The number of fused-ring (bicyclic) bond motifs is 2. The van der Waals surface area contributed by atoms with Gasteiger partial charge in [-0.15, -0.1) is 11.3 Å². The molecule has 2 aliphatic rings. The summed E-state index contributed by atoms with van der Waals surface area (Å²) < 4.78 is 7.88. The molecular formula is C29H28N2O4S. The minimum absolute atomic E-state index is 0.192. The Hall–Kier alpha value is -3.42. The van der Waals surface area contributed by atoms with Crippen molar-refractivity contribution >= 4 is 28.2 Å². The molecule has 1 saturated carbocycles. The van der Waals surface area contributed by atoms with E-state index in [2.05, 4.69) is 35.6 Å². The first-order valence-electron chi connectivity index (χ1n) is 12.4. The monoisotopic (exact) mass is 500 g/mol. The molecule has 1 atom stereocenters. The summed E-state index contributed by atoms with van der Waals surface area (Å²) >= 11 is 1.79. The quantitative estimate of drug-likeness (QED) is 0.328. The van der Waals surface area contributed by atoms with Crippen LogP contribution < -0.4 is 15.5 Å². The molecule has 2 N–H and O–H groups in total. The van der Waals surface area contributed by atoms with E-state index < -0.39 is 11.4 Å². The van der Waals surface area contributed by atoms with Crippen molar-refractivity contribution in [1.82, 2.24) is 9.88 Å². The molecule has 7 heteroatoms. The number of aromatic nitrogens is 1. The molecule has 4 aromatic rings. The molecule has 0 aliphatic heterocycles. The summed E-state index contributed by atoms with van der Waals surface area (Å²) in [6.07, 6.45) is 6.74. The van der Waals surface area contributed by atoms with Crippen molar-refractivity contribution in [2.75, 3.05) is 7.11 Å². The molecule has 2 aromatic heterocycles. The SMILES string of the molecule is COc1c(-c2cc3c(s2)CCCC3NCc2ccccc2)ccc2c(=O)c(C(=O)O)cn(C3CC3)c12. The third kappa shape index (κ3) is 4.02. The normalized spacial score (nSPS) is 17.2. The zero-order valence-corrected chi connectivity index (χ0v) is 20.9. The number of benzene rings is 2. The molecule has 0 bridgehead atoms. The summed E-state index contributed by atoms with van der Waals surface area (Å²) in [4.78, 5) is 27.3. The molecule has 184 valence electrons. The van der Waals surface area contributed by atoms with Gasteiger partial charge < -0.3 is 19.7 Å². The second kappa shape index (κ2) is 9.22. The molecule has 2 aromatic carbocycles. The van der Waals surface area contributed by atoms with E-state index in [0.717, 1.165) is 49.1 Å². The molecule has 6 nitrogen and oxygen atoms in total. The van der Waals surface area contributed by atoms with Gasteiger partial charge in [-0.05, 0) is 61.4 Å². The second-order valence-electron chi connectivity index (χ2n) is 9.66. The molecule has 2 aliphatic carbocycles. The third-order valence-corrected chi connectivity index (χ3v) is 8.54. The van der Waals surface area contributed by atoms with Crippen LogP contribution in [0.2, 0.25) is 0 Å². The number of carboxylic acid groups (broad SMARTS) is 1. The highest BCUT2D eigenvalue weighted by atomic mass is 32.1. The lowest BCUT2D eigenvalue weighted by Crippen LogP contribution is -2.23. The summed E-state index contributed by atoms with van der Waals surface area (Å²) in [6.45, 7) is 0.828. The standard InChI is InChI=1S/C29H28N2O4S/c1-35-28-19(12-13-20-26(28)31(18-10-11-18)16-22(27(20)32)29(33)34)25-14-21-23(8-5-9-24(21)36-25)30-15-17-6-3-2-4-7-17/h2-4,6-7,12-14,16,18,23,30H,5,8-11,15H2,1H3,(H,33,34). The van der Waals surface area contributed by atoms with Crippen LogP contribution in [0.1, 0.15) is 64.1 Å². The summed E-state index contributed by atoms with van der Waals surface area (Å²) in [5.74, 6) is -0.555. The van der Waals surface area contributed by atoms with Gasteiger partial charge in [0.2, 0.25) is 5.43 Å². The topological polar surface area (TPSA) is 80.6 Å². The third-order valence-electron chi connectivity index (χ3n) is 7.30. The number of rotatable bonds is 7. The first-order chi connectivity index (χ1) is 17.5. The van der Waals surface area contributed by atoms with Crippen molar-refractivity contribution in [1.29, 1.82) is 0 Å². The number of hydrogen-bond donors (Lipinski definition) is 2. The van der Waals surface area contributed by atoms with Gasteiger partial charge in [0.05, 0.1) is 18.0 Å². The summed E-state index contributed by atoms with van der Waals surface area (Å²) in [5, 5.41) is 13.7. The number of ether oxygens (including phenoxy) is 1. The van der Waals surface area contributed by atoms with Gasteiger partial charge in [0, 0.05) is 40.1 Å². The zero-order valence-electron chi connectivity index (χ0n) is 20.1. The number of pyridine rings is 1. The van der Waals surface area contributed by atoms with Gasteiger partial charge in [0.25, 0.3) is 0 Å². The van der Waals surface area contributed by atoms with E-state index in [4.69, 9.17) is 4.74 Å². The molecule has 0 spiro atoms. The van der Waals surface area contributed by atoms with Crippen LogP contribution in [0.15, 0.2) is 59.5 Å². The molecule has 0 amide bonds. The maximum atomic E-state index is 13.0. The molecule has 1 fully saturated rings. The molecule has 2 heterocycles. The summed E-state index contributed by atoms with van der Waals surface area (Å²) in [5.41, 5.74) is 3.61. The Morgan fingerprint density at radius 1 is 1.17 bits per heavy atom. The number of thiophene rings is 1. The Morgan fingerprint density at radius 3 is 2.69 bits per heavy atom. The van der Waals surface area contributed by atoms with Gasteiger partial charge in [-0.1, -0.05) is 30.3 Å². The predicted molar refractivity (Wildman–Crippen MR) is 142 cm³/mol. The highest BCUT2D eigenvalue weighted by molar-refractivity contribution is 7.15. The summed E-state index contributed by atoms with van der Waals surface area (Å²) in [6, 6.07) is 16.9. The predicted octanol–water partition coefficient (Wildman–Crippen LogP) is 5.94. The van der Waals surface area contributed by atoms with Gasteiger partial charge in [-0.25, -0.2) is 4.79 Å². The second-order valence-corrected chi connectivity index (χ2v) is 10.8. The molecule has 6 rings (SSSR count). The van der Waals surface area contributed by atoms with E-state index in [1.807, 2.05) is 16.7 Å². The lowest BCUT2D eigenvalue weighted by molar-refractivity contribution is 0.0695. The number of hydrogen-bond acceptors (Lipinski definition) is 5. The Kier molecular flexibility index (Phi) is 5.90. The van der Waals surface area contributed by atoms with Crippen LogP contribution in [0, 0.1) is 0 Å². The Morgan fingerprint density at radius 2 is 1.97 bits per heavy atom. The molecule has 36 heavy (non-hydrogen) atoms. The van der Waals surface area contributed by atoms with Gasteiger partial charge in [-0.2, -0.15) is 0 Å². The lowest BCUT2D eigenvalue weighted by Gasteiger charge is -2.23. The van der Waals surface area contributed by atoms with Crippen LogP contribution in [0.4, 0.5) is 0 Å². The minimum atomic E-state index is -1.20. The fraction of sp³-hybridized carbons (Fsp3) is 0.310. The maximum absolute atomic E-state index is 13.0. The van der Waals surface area contributed by atoms with Crippen molar-refractivity contribution in [3.05, 3.63) is 86.5 Å². The van der Waals surface area contributed by atoms with Crippen LogP contribution >= 0.6 is 11.3 Å². The van der Waals surface area contributed by atoms with Crippen molar-refractivity contribution in [2.45, 2.75) is 50.7 Å². The first-order valence-corrected chi connectivity index (χ1v) is 13.3. The Balaban J connectivity index is 1.43. The number of nitrogens with zero attached hydrogens (tertiary/aromatic N) is 1. The van der Waals surface area contributed by atoms with E-state index in [9.17, 15) is 14.7 Å². The molecular weight excluding hydrogens is 472 g/mol. The number of carboxylic acids is 1. The van der Waals surface area contributed by atoms with Crippen LogP contribution in [0.5, 0.6) is 5.75 Å². The van der Waals surface area contributed by atoms with Crippen LogP contribution in [0.25, 0.3) is 21.3 Å². The molecule has 1 unspecified atom stereocenters. The number of aryl methyl sites for hydroxylation is 1. The fourth-order valence-corrected chi connectivity index (χ4v) is 6.64. The number of aromatic carboxylic acids is 1. The van der Waals surface area contributed by atoms with Gasteiger partial charge in [0.15, 0.2) is 5.75 Å². The first kappa shape index (κ1) is 23.0. The van der Waals surface area contributed by atoms with Gasteiger partial charge in [-0.3, -0.25) is 4.79 Å². The van der Waals surface area contributed by atoms with E-state index in [-0.39, 0.29) is 11.6 Å². The fourth-order valence-electron chi connectivity index (χ4n) is 5.35. The largest absolute Gasteiger partial charge is 0.494 e. The smallest absolute Gasteiger partial charge is 0.341 e. The van der Waals surface area contributed by atoms with Crippen LogP contribution in [-0.2, 0) is 13.0 Å². The Bertz CT molecular complexity index is 1520. The van der Waals surface area contributed by atoms with Crippen LogP contribution in [-0.4, -0.2) is 22.8 Å². The van der Waals surface area contributed by atoms with E-state index in [0.29, 0.717) is 22.7 Å². The minimum Gasteiger partial charge on any atom is -0.494 e. The maximum Gasteiger partial charge on any atom is 0.341 e. The zero-order chi connectivity index (χ0) is 24.8. The van der Waals surface area contributed by atoms with E-state index in [1.54, 1.807) is 24.5 Å². The number of carbonyl (C=O) groups is 1. The number of methoxy groups -OCH3 is 1. The van der Waals surface area contributed by atoms with Gasteiger partial charge in [0.1, 0.15) is 5.56 Å². The molecule has 0 radical (unpaired) electrons.